The molecule has 0 aliphatic heterocycles. The van der Waals surface area contributed by atoms with Crippen molar-refractivity contribution < 1.29 is 13.9 Å². The lowest BCUT2D eigenvalue weighted by molar-refractivity contribution is -0.141. The third-order valence-electron chi connectivity index (χ3n) is 3.14. The van der Waals surface area contributed by atoms with E-state index in [1.807, 2.05) is 4.90 Å². The Balaban J connectivity index is 2.19. The Kier molecular flexibility index (Phi) is 4.54. The first-order valence-corrected chi connectivity index (χ1v) is 6.95. The van der Waals surface area contributed by atoms with Crippen molar-refractivity contribution in [3.63, 3.8) is 0 Å². The number of halogens is 1. The zero-order chi connectivity index (χ0) is 14.7. The average Bonchev–Trinajstić information content (AvgIpc) is 3.20. The quantitative estimate of drug-likeness (QED) is 0.643. The Labute approximate surface area is 122 Å². The summed E-state index contributed by atoms with van der Waals surface area (Å²) < 4.78 is 18.9. The minimum absolute atomic E-state index is 0.0254. The van der Waals surface area contributed by atoms with Crippen LogP contribution in [0.1, 0.15) is 25.3 Å². The maximum Gasteiger partial charge on any atom is 0.325 e. The summed E-state index contributed by atoms with van der Waals surface area (Å²) in [5.74, 6) is -0.775. The highest BCUT2D eigenvalue weighted by atomic mass is 32.1. The number of nitrogens with two attached hydrogens (primary N) is 1. The number of hydrogen-bond donors (Lipinski definition) is 1. The molecule has 0 amide bonds. The first-order valence-electron chi connectivity index (χ1n) is 6.54. The standard InChI is InChI=1S/C14H17FN2O2S/c1-2-19-13(18)8-17(9-3-4-9)10-5-6-11(14(16)20)12(15)7-10/h5-7,9H,2-4,8H2,1H3,(H2,16,20). The van der Waals surface area contributed by atoms with Gasteiger partial charge in [-0.2, -0.15) is 0 Å². The third-order valence-corrected chi connectivity index (χ3v) is 3.36. The first-order chi connectivity index (χ1) is 9.52. The third kappa shape index (κ3) is 3.45. The topological polar surface area (TPSA) is 55.6 Å². The second-order valence-electron chi connectivity index (χ2n) is 4.69. The molecule has 20 heavy (non-hydrogen) atoms. The summed E-state index contributed by atoms with van der Waals surface area (Å²) in [7, 11) is 0. The number of esters is 1. The van der Waals surface area contributed by atoms with Crippen molar-refractivity contribution in [2.45, 2.75) is 25.8 Å². The summed E-state index contributed by atoms with van der Waals surface area (Å²) in [6.07, 6.45) is 2.00. The normalized spacial score (nSPS) is 13.9. The van der Waals surface area contributed by atoms with Gasteiger partial charge in [0.15, 0.2) is 0 Å². The summed E-state index contributed by atoms with van der Waals surface area (Å²) in [4.78, 5) is 13.5. The molecule has 1 aromatic rings. The van der Waals surface area contributed by atoms with Crippen molar-refractivity contribution in [1.82, 2.24) is 0 Å². The van der Waals surface area contributed by atoms with Crippen LogP contribution >= 0.6 is 12.2 Å². The summed E-state index contributed by atoms with van der Waals surface area (Å²) in [6.45, 7) is 2.23. The summed E-state index contributed by atoms with van der Waals surface area (Å²) in [6, 6.07) is 4.92. The summed E-state index contributed by atoms with van der Waals surface area (Å²) in [5.41, 5.74) is 6.31. The fourth-order valence-corrected chi connectivity index (χ4v) is 2.21. The van der Waals surface area contributed by atoms with Gasteiger partial charge in [-0.1, -0.05) is 12.2 Å². The van der Waals surface area contributed by atoms with Crippen LogP contribution in [-0.2, 0) is 9.53 Å². The van der Waals surface area contributed by atoms with E-state index < -0.39 is 5.82 Å². The average molecular weight is 296 g/mol. The van der Waals surface area contributed by atoms with Crippen LogP contribution in [0.25, 0.3) is 0 Å². The second kappa shape index (κ2) is 6.17. The van der Waals surface area contributed by atoms with Crippen LogP contribution in [0.15, 0.2) is 18.2 Å². The maximum atomic E-state index is 13.9. The van der Waals surface area contributed by atoms with Crippen molar-refractivity contribution >= 4 is 28.9 Å². The molecule has 4 nitrogen and oxygen atoms in total. The lowest BCUT2D eigenvalue weighted by Crippen LogP contribution is -2.33. The van der Waals surface area contributed by atoms with E-state index in [9.17, 15) is 9.18 Å². The van der Waals surface area contributed by atoms with Crippen molar-refractivity contribution in [3.05, 3.63) is 29.6 Å². The van der Waals surface area contributed by atoms with E-state index in [1.54, 1.807) is 19.1 Å². The number of nitrogens with zero attached hydrogens (tertiary/aromatic N) is 1. The van der Waals surface area contributed by atoms with Gasteiger partial charge in [-0.05, 0) is 38.0 Å². The van der Waals surface area contributed by atoms with E-state index in [0.29, 0.717) is 12.3 Å². The lowest BCUT2D eigenvalue weighted by atomic mass is 10.1. The molecule has 6 heteroatoms. The smallest absolute Gasteiger partial charge is 0.325 e. The van der Waals surface area contributed by atoms with Crippen LogP contribution in [0.4, 0.5) is 10.1 Å². The molecule has 0 unspecified atom stereocenters. The highest BCUT2D eigenvalue weighted by molar-refractivity contribution is 7.80. The van der Waals surface area contributed by atoms with Gasteiger partial charge in [0.2, 0.25) is 0 Å². The Morgan fingerprint density at radius 3 is 2.75 bits per heavy atom. The highest BCUT2D eigenvalue weighted by Gasteiger charge is 2.31. The van der Waals surface area contributed by atoms with Crippen molar-refractivity contribution in [1.29, 1.82) is 0 Å². The van der Waals surface area contributed by atoms with E-state index in [-0.39, 0.29) is 29.1 Å². The van der Waals surface area contributed by atoms with E-state index >= 15 is 0 Å². The molecule has 1 saturated carbocycles. The number of ether oxygens (including phenoxy) is 1. The van der Waals surface area contributed by atoms with Crippen molar-refractivity contribution in [2.24, 2.45) is 5.73 Å². The van der Waals surface area contributed by atoms with Gasteiger partial charge in [0, 0.05) is 17.3 Å². The van der Waals surface area contributed by atoms with Gasteiger partial charge >= 0.3 is 5.97 Å². The largest absolute Gasteiger partial charge is 0.465 e. The molecular weight excluding hydrogens is 279 g/mol. The SMILES string of the molecule is CCOC(=O)CN(c1ccc(C(N)=S)c(F)c1)C1CC1. The van der Waals surface area contributed by atoms with Gasteiger partial charge in [0.05, 0.1) is 6.61 Å². The number of carbonyl (C=O) groups is 1. The van der Waals surface area contributed by atoms with Gasteiger partial charge in [0.25, 0.3) is 0 Å². The molecule has 0 aromatic heterocycles. The predicted molar refractivity (Wildman–Crippen MR) is 79.3 cm³/mol. The molecule has 2 N–H and O–H groups in total. The Morgan fingerprint density at radius 1 is 1.55 bits per heavy atom. The molecular formula is C14H17FN2O2S. The molecule has 1 fully saturated rings. The Morgan fingerprint density at radius 2 is 2.25 bits per heavy atom. The number of hydrogen-bond acceptors (Lipinski definition) is 4. The molecule has 0 spiro atoms. The molecule has 1 aliphatic rings. The monoisotopic (exact) mass is 296 g/mol. The molecule has 108 valence electrons. The number of anilines is 1. The zero-order valence-corrected chi connectivity index (χ0v) is 12.1. The molecule has 1 aliphatic carbocycles. The van der Waals surface area contributed by atoms with Crippen molar-refractivity contribution in [3.8, 4) is 0 Å². The van der Waals surface area contributed by atoms with E-state index in [4.69, 9.17) is 22.7 Å². The van der Waals surface area contributed by atoms with E-state index in [1.165, 1.54) is 6.07 Å². The Hall–Kier alpha value is -1.69. The lowest BCUT2D eigenvalue weighted by Gasteiger charge is -2.24. The van der Waals surface area contributed by atoms with Gasteiger partial charge in [-0.3, -0.25) is 4.79 Å². The minimum Gasteiger partial charge on any atom is -0.465 e. The van der Waals surface area contributed by atoms with Gasteiger partial charge in [-0.15, -0.1) is 0 Å². The van der Waals surface area contributed by atoms with E-state index in [0.717, 1.165) is 12.8 Å². The molecule has 0 bridgehead atoms. The molecule has 2 rings (SSSR count). The first kappa shape index (κ1) is 14.7. The van der Waals surface area contributed by atoms with Crippen LogP contribution in [-0.4, -0.2) is 30.2 Å². The molecule has 0 radical (unpaired) electrons. The zero-order valence-electron chi connectivity index (χ0n) is 11.3. The number of carbonyl (C=O) groups excluding carboxylic acids is 1. The summed E-state index contributed by atoms with van der Waals surface area (Å²) >= 11 is 4.78. The molecule has 0 atom stereocenters. The van der Waals surface area contributed by atoms with Crippen LogP contribution in [0, 0.1) is 5.82 Å². The van der Waals surface area contributed by atoms with Crippen LogP contribution in [0.2, 0.25) is 0 Å². The van der Waals surface area contributed by atoms with E-state index in [2.05, 4.69) is 0 Å². The fraction of sp³-hybridized carbons (Fsp3) is 0.429. The van der Waals surface area contributed by atoms with Crippen molar-refractivity contribution in [2.75, 3.05) is 18.1 Å². The maximum absolute atomic E-state index is 13.9. The highest BCUT2D eigenvalue weighted by Crippen LogP contribution is 2.32. The molecule has 0 saturated heterocycles. The van der Waals surface area contributed by atoms with Crippen LogP contribution in [0.5, 0.6) is 0 Å². The molecule has 0 heterocycles. The van der Waals surface area contributed by atoms with Crippen LogP contribution < -0.4 is 10.6 Å². The minimum atomic E-state index is -0.468. The summed E-state index contributed by atoms with van der Waals surface area (Å²) in [5, 5.41) is 0. The second-order valence-corrected chi connectivity index (χ2v) is 5.13. The molecule has 1 aromatic carbocycles. The number of thiocarbonyl (C=S) groups is 1. The number of rotatable bonds is 6. The van der Waals surface area contributed by atoms with Gasteiger partial charge < -0.3 is 15.4 Å². The fourth-order valence-electron chi connectivity index (χ4n) is 2.05. The predicted octanol–water partition coefficient (Wildman–Crippen LogP) is 1.99. The number of benzene rings is 1. The van der Waals surface area contributed by atoms with Gasteiger partial charge in [0.1, 0.15) is 17.4 Å². The Bertz CT molecular complexity index is 532. The van der Waals surface area contributed by atoms with Crippen LogP contribution in [0.3, 0.4) is 0 Å². The van der Waals surface area contributed by atoms with Gasteiger partial charge in [-0.25, -0.2) is 4.39 Å².